The van der Waals surface area contributed by atoms with Crippen LogP contribution in [0, 0.1) is 0 Å². The van der Waals surface area contributed by atoms with E-state index in [1.54, 1.807) is 5.70 Å². The average molecular weight is 130 g/mol. The standard InChI is InChI=1S/C6H14OSi/c1-4-6(3)8(7)5-2/h5-8H,2,4H2,1,3H3. The van der Waals surface area contributed by atoms with E-state index < -0.39 is 9.04 Å². The van der Waals surface area contributed by atoms with Gasteiger partial charge in [-0.1, -0.05) is 26.0 Å². The maximum absolute atomic E-state index is 9.15. The Morgan fingerprint density at radius 2 is 2.38 bits per heavy atom. The van der Waals surface area contributed by atoms with Crippen LogP contribution in [0.4, 0.5) is 0 Å². The van der Waals surface area contributed by atoms with Crippen molar-refractivity contribution < 1.29 is 4.80 Å². The molecule has 0 aliphatic rings. The third kappa shape index (κ3) is 2.28. The van der Waals surface area contributed by atoms with Gasteiger partial charge < -0.3 is 4.80 Å². The normalized spacial score (nSPS) is 17.4. The lowest BCUT2D eigenvalue weighted by Gasteiger charge is -2.08. The SMILES string of the molecule is C=C[SiH](O)C(C)CC. The van der Waals surface area contributed by atoms with Crippen molar-refractivity contribution in [3.8, 4) is 0 Å². The molecule has 0 spiro atoms. The molecule has 8 heavy (non-hydrogen) atoms. The number of hydrogen-bond donors (Lipinski definition) is 1. The van der Waals surface area contributed by atoms with Gasteiger partial charge in [-0.25, -0.2) is 0 Å². The summed E-state index contributed by atoms with van der Waals surface area (Å²) >= 11 is 0. The summed E-state index contributed by atoms with van der Waals surface area (Å²) in [6.45, 7) is 7.70. The minimum Gasteiger partial charge on any atom is -0.431 e. The Balaban J connectivity index is 3.44. The Morgan fingerprint density at radius 1 is 1.88 bits per heavy atom. The summed E-state index contributed by atoms with van der Waals surface area (Å²) in [7, 11) is -1.51. The molecule has 0 aliphatic carbocycles. The highest BCUT2D eigenvalue weighted by Crippen LogP contribution is 2.10. The lowest BCUT2D eigenvalue weighted by atomic mass is 10.4. The molecule has 2 atom stereocenters. The van der Waals surface area contributed by atoms with E-state index in [4.69, 9.17) is 4.80 Å². The predicted octanol–water partition coefficient (Wildman–Crippen LogP) is 1.23. The molecule has 0 aliphatic heterocycles. The molecule has 2 unspecified atom stereocenters. The van der Waals surface area contributed by atoms with E-state index in [-0.39, 0.29) is 0 Å². The molecule has 0 aromatic heterocycles. The maximum atomic E-state index is 9.15. The fourth-order valence-corrected chi connectivity index (χ4v) is 1.42. The molecule has 0 amide bonds. The summed E-state index contributed by atoms with van der Waals surface area (Å²) < 4.78 is 0. The van der Waals surface area contributed by atoms with Crippen LogP contribution in [0.5, 0.6) is 0 Å². The van der Waals surface area contributed by atoms with E-state index in [2.05, 4.69) is 20.4 Å². The van der Waals surface area contributed by atoms with Gasteiger partial charge >= 0.3 is 0 Å². The highest BCUT2D eigenvalue weighted by Gasteiger charge is 2.08. The van der Waals surface area contributed by atoms with E-state index in [0.717, 1.165) is 6.42 Å². The third-order valence-corrected chi connectivity index (χ3v) is 3.59. The average Bonchev–Trinajstić information content (AvgIpc) is 1.84. The lowest BCUT2D eigenvalue weighted by molar-refractivity contribution is 0.558. The van der Waals surface area contributed by atoms with Crippen molar-refractivity contribution in [3.63, 3.8) is 0 Å². The van der Waals surface area contributed by atoms with Crippen molar-refractivity contribution in [2.45, 2.75) is 25.8 Å². The van der Waals surface area contributed by atoms with Crippen LogP contribution in [0.15, 0.2) is 12.3 Å². The molecule has 0 aromatic carbocycles. The van der Waals surface area contributed by atoms with Crippen LogP contribution >= 0.6 is 0 Å². The van der Waals surface area contributed by atoms with E-state index in [0.29, 0.717) is 5.54 Å². The van der Waals surface area contributed by atoms with Crippen molar-refractivity contribution in [1.82, 2.24) is 0 Å². The van der Waals surface area contributed by atoms with Gasteiger partial charge in [0.2, 0.25) is 0 Å². The minimum atomic E-state index is -1.51. The topological polar surface area (TPSA) is 20.2 Å². The molecule has 0 saturated carbocycles. The van der Waals surface area contributed by atoms with Crippen LogP contribution in [-0.4, -0.2) is 13.8 Å². The van der Waals surface area contributed by atoms with Crippen molar-refractivity contribution in [3.05, 3.63) is 12.3 Å². The molecule has 0 bridgehead atoms. The highest BCUT2D eigenvalue weighted by atomic mass is 28.3. The largest absolute Gasteiger partial charge is 0.431 e. The third-order valence-electron chi connectivity index (χ3n) is 1.47. The first-order valence-electron chi connectivity index (χ1n) is 3.03. The van der Waals surface area contributed by atoms with Gasteiger partial charge in [-0.15, -0.1) is 6.58 Å². The Bertz CT molecular complexity index is 72.9. The predicted molar refractivity (Wildman–Crippen MR) is 39.3 cm³/mol. The summed E-state index contributed by atoms with van der Waals surface area (Å²) in [6.07, 6.45) is 1.07. The van der Waals surface area contributed by atoms with Crippen LogP contribution in [0.3, 0.4) is 0 Å². The van der Waals surface area contributed by atoms with Crippen LogP contribution in [0.25, 0.3) is 0 Å². The zero-order chi connectivity index (χ0) is 6.57. The van der Waals surface area contributed by atoms with Gasteiger partial charge in [0.25, 0.3) is 0 Å². The Labute approximate surface area is 52.8 Å². The summed E-state index contributed by atoms with van der Waals surface area (Å²) in [6, 6.07) is 0. The zero-order valence-electron chi connectivity index (χ0n) is 5.59. The van der Waals surface area contributed by atoms with Gasteiger partial charge in [-0.3, -0.25) is 0 Å². The second kappa shape index (κ2) is 3.86. The second-order valence-electron chi connectivity index (χ2n) is 2.11. The molecular formula is C6H14OSi. The molecule has 48 valence electrons. The molecule has 2 heteroatoms. The van der Waals surface area contributed by atoms with Gasteiger partial charge in [0.1, 0.15) is 0 Å². The summed E-state index contributed by atoms with van der Waals surface area (Å²) in [5, 5.41) is 0. The summed E-state index contributed by atoms with van der Waals surface area (Å²) in [5.74, 6) is 0. The second-order valence-corrected chi connectivity index (χ2v) is 4.70. The minimum absolute atomic E-state index is 0.493. The van der Waals surface area contributed by atoms with Crippen molar-refractivity contribution in [1.29, 1.82) is 0 Å². The first-order chi connectivity index (χ1) is 3.72. The van der Waals surface area contributed by atoms with Crippen LogP contribution in [0.1, 0.15) is 20.3 Å². The molecule has 0 aromatic rings. The molecule has 0 rings (SSSR count). The first kappa shape index (κ1) is 7.92. The number of hydrogen-bond acceptors (Lipinski definition) is 1. The zero-order valence-corrected chi connectivity index (χ0v) is 6.75. The fraction of sp³-hybridized carbons (Fsp3) is 0.667. The van der Waals surface area contributed by atoms with Gasteiger partial charge in [0.05, 0.1) is 0 Å². The van der Waals surface area contributed by atoms with E-state index in [1.165, 1.54) is 0 Å². The molecule has 0 radical (unpaired) electrons. The quantitative estimate of drug-likeness (QED) is 0.570. The van der Waals surface area contributed by atoms with Gasteiger partial charge in [0.15, 0.2) is 9.04 Å². The molecule has 0 heterocycles. The monoisotopic (exact) mass is 130 g/mol. The fourth-order valence-electron chi connectivity index (χ4n) is 0.474. The van der Waals surface area contributed by atoms with Crippen LogP contribution in [0.2, 0.25) is 5.54 Å². The first-order valence-corrected chi connectivity index (χ1v) is 4.88. The van der Waals surface area contributed by atoms with Crippen molar-refractivity contribution in [2.75, 3.05) is 0 Å². The summed E-state index contributed by atoms with van der Waals surface area (Å²) in [4.78, 5) is 9.15. The van der Waals surface area contributed by atoms with E-state index in [1.807, 2.05) is 0 Å². The molecular weight excluding hydrogens is 116 g/mol. The Morgan fingerprint density at radius 3 is 2.50 bits per heavy atom. The molecule has 0 fully saturated rings. The number of rotatable bonds is 3. The van der Waals surface area contributed by atoms with Gasteiger partial charge in [-0.2, -0.15) is 0 Å². The van der Waals surface area contributed by atoms with E-state index in [9.17, 15) is 0 Å². The van der Waals surface area contributed by atoms with Crippen molar-refractivity contribution in [2.24, 2.45) is 0 Å². The van der Waals surface area contributed by atoms with Crippen molar-refractivity contribution >= 4 is 9.04 Å². The summed E-state index contributed by atoms with van der Waals surface area (Å²) in [5.41, 5.74) is 2.21. The Kier molecular flexibility index (Phi) is 3.82. The molecule has 0 saturated heterocycles. The smallest absolute Gasteiger partial charge is 0.199 e. The van der Waals surface area contributed by atoms with Crippen LogP contribution in [-0.2, 0) is 0 Å². The molecule has 1 nitrogen and oxygen atoms in total. The van der Waals surface area contributed by atoms with Crippen LogP contribution < -0.4 is 0 Å². The highest BCUT2D eigenvalue weighted by molar-refractivity contribution is 6.57. The van der Waals surface area contributed by atoms with Gasteiger partial charge in [0, 0.05) is 0 Å². The van der Waals surface area contributed by atoms with Gasteiger partial charge in [-0.05, 0) is 5.54 Å². The van der Waals surface area contributed by atoms with E-state index >= 15 is 0 Å². The lowest BCUT2D eigenvalue weighted by Crippen LogP contribution is -2.13. The molecule has 1 N–H and O–H groups in total. The maximum Gasteiger partial charge on any atom is 0.199 e. The Hall–Kier alpha value is -0.0831.